The molecule has 9 heteroatoms. The number of aromatic nitrogens is 2. The molecule has 1 saturated heterocycles. The van der Waals surface area contributed by atoms with Crippen LogP contribution in [0.1, 0.15) is 71.2 Å². The lowest BCUT2D eigenvalue weighted by molar-refractivity contribution is -0.138. The van der Waals surface area contributed by atoms with Gasteiger partial charge in [0.2, 0.25) is 0 Å². The van der Waals surface area contributed by atoms with Gasteiger partial charge in [0.05, 0.1) is 28.6 Å². The standard InChI is InChI=1S/C19H18F3N3O3/c1-18(2,3)17-23-13(16(27)28)14-11-7-8-24(11)15(26)12-9(19(20,21)22)5-4-6-10(12)25(14)17/h4-6,11H,7-8H2,1-3H3,(H,27,28)/t11-/m0/s1. The lowest BCUT2D eigenvalue weighted by atomic mass is 9.95. The van der Waals surface area contributed by atoms with Gasteiger partial charge < -0.3 is 10.0 Å². The molecule has 1 amide bonds. The molecular weight excluding hydrogens is 375 g/mol. The summed E-state index contributed by atoms with van der Waals surface area (Å²) in [4.78, 5) is 30.5. The fraction of sp³-hybridized carbons (Fsp3) is 0.421. The minimum Gasteiger partial charge on any atom is -0.476 e. The third kappa shape index (κ3) is 2.45. The molecule has 4 rings (SSSR count). The van der Waals surface area contributed by atoms with Crippen molar-refractivity contribution < 1.29 is 27.9 Å². The van der Waals surface area contributed by atoms with E-state index in [1.165, 1.54) is 21.6 Å². The molecule has 3 heterocycles. The minimum atomic E-state index is -4.72. The highest BCUT2D eigenvalue weighted by Gasteiger charge is 2.48. The normalized spacial score (nSPS) is 18.7. The first-order valence-corrected chi connectivity index (χ1v) is 8.81. The molecule has 1 atom stereocenters. The average Bonchev–Trinajstić information content (AvgIpc) is 2.89. The van der Waals surface area contributed by atoms with Crippen LogP contribution in [0.5, 0.6) is 0 Å². The Balaban J connectivity index is 2.16. The lowest BCUT2D eigenvalue weighted by Gasteiger charge is -2.40. The van der Waals surface area contributed by atoms with Crippen LogP contribution in [0.3, 0.4) is 0 Å². The number of carboxylic acid groups (broad SMARTS) is 1. The maximum absolute atomic E-state index is 13.7. The number of carboxylic acids is 1. The Morgan fingerprint density at radius 2 is 1.93 bits per heavy atom. The molecule has 0 radical (unpaired) electrons. The van der Waals surface area contributed by atoms with E-state index in [2.05, 4.69) is 4.98 Å². The number of alkyl halides is 3. The second kappa shape index (κ2) is 5.59. The highest BCUT2D eigenvalue weighted by Crippen LogP contribution is 2.46. The molecule has 1 fully saturated rings. The Hall–Kier alpha value is -2.84. The van der Waals surface area contributed by atoms with Crippen molar-refractivity contribution in [2.24, 2.45) is 0 Å². The van der Waals surface area contributed by atoms with Gasteiger partial charge in [-0.15, -0.1) is 0 Å². The molecule has 1 aromatic carbocycles. The molecule has 0 bridgehead atoms. The number of halogens is 3. The Bertz CT molecular complexity index is 1020. The van der Waals surface area contributed by atoms with Gasteiger partial charge in [0, 0.05) is 12.0 Å². The van der Waals surface area contributed by atoms with E-state index in [9.17, 15) is 27.9 Å². The van der Waals surface area contributed by atoms with Crippen LogP contribution in [-0.2, 0) is 11.6 Å². The molecule has 0 saturated carbocycles. The first-order chi connectivity index (χ1) is 12.9. The van der Waals surface area contributed by atoms with Crippen molar-refractivity contribution in [1.29, 1.82) is 0 Å². The molecule has 1 aromatic heterocycles. The van der Waals surface area contributed by atoms with E-state index in [-0.39, 0.29) is 23.6 Å². The smallest absolute Gasteiger partial charge is 0.417 e. The SMILES string of the molecule is CC(C)(C)c1nc(C(=O)O)c2n1-c1cccc(C(F)(F)F)c1C(=O)N1CC[C@@H]21. The number of carbonyl (C=O) groups is 2. The molecule has 28 heavy (non-hydrogen) atoms. The maximum atomic E-state index is 13.7. The van der Waals surface area contributed by atoms with Crippen LogP contribution >= 0.6 is 0 Å². The van der Waals surface area contributed by atoms with Crippen molar-refractivity contribution in [3.8, 4) is 5.69 Å². The lowest BCUT2D eigenvalue weighted by Crippen LogP contribution is -2.45. The van der Waals surface area contributed by atoms with Crippen LogP contribution in [0.2, 0.25) is 0 Å². The van der Waals surface area contributed by atoms with Crippen molar-refractivity contribution in [3.05, 3.63) is 46.5 Å². The number of amides is 1. The van der Waals surface area contributed by atoms with Crippen LogP contribution in [0, 0.1) is 0 Å². The second-order valence-corrected chi connectivity index (χ2v) is 8.06. The van der Waals surface area contributed by atoms with E-state index >= 15 is 0 Å². The van der Waals surface area contributed by atoms with Gasteiger partial charge in [-0.2, -0.15) is 13.2 Å². The van der Waals surface area contributed by atoms with Crippen LogP contribution in [-0.4, -0.2) is 38.0 Å². The molecule has 2 aromatic rings. The van der Waals surface area contributed by atoms with Crippen molar-refractivity contribution in [3.63, 3.8) is 0 Å². The summed E-state index contributed by atoms with van der Waals surface area (Å²) in [6.07, 6.45) is -4.25. The minimum absolute atomic E-state index is 0.0224. The van der Waals surface area contributed by atoms with Crippen LogP contribution < -0.4 is 0 Å². The van der Waals surface area contributed by atoms with Crippen LogP contribution in [0.15, 0.2) is 18.2 Å². The van der Waals surface area contributed by atoms with Gasteiger partial charge in [0.1, 0.15) is 5.82 Å². The number of hydrogen-bond acceptors (Lipinski definition) is 3. The van der Waals surface area contributed by atoms with Gasteiger partial charge in [-0.1, -0.05) is 26.8 Å². The summed E-state index contributed by atoms with van der Waals surface area (Å²) >= 11 is 0. The number of benzene rings is 1. The molecule has 0 aliphatic carbocycles. The Kier molecular flexibility index (Phi) is 3.70. The third-order valence-electron chi connectivity index (χ3n) is 5.19. The van der Waals surface area contributed by atoms with Crippen LogP contribution in [0.4, 0.5) is 13.2 Å². The summed E-state index contributed by atoms with van der Waals surface area (Å²) in [7, 11) is 0. The van der Waals surface area contributed by atoms with Crippen LogP contribution in [0.25, 0.3) is 5.69 Å². The first kappa shape index (κ1) is 18.5. The van der Waals surface area contributed by atoms with Crippen molar-refractivity contribution >= 4 is 11.9 Å². The number of carbonyl (C=O) groups excluding carboxylic acids is 1. The summed E-state index contributed by atoms with van der Waals surface area (Å²) in [6, 6.07) is 2.91. The number of aromatic carboxylic acids is 1. The molecule has 6 nitrogen and oxygen atoms in total. The molecule has 2 aliphatic heterocycles. The first-order valence-electron chi connectivity index (χ1n) is 8.81. The molecule has 1 N–H and O–H groups in total. The van der Waals surface area contributed by atoms with E-state index in [4.69, 9.17) is 0 Å². The summed E-state index contributed by atoms with van der Waals surface area (Å²) in [6.45, 7) is 5.66. The predicted molar refractivity (Wildman–Crippen MR) is 92.6 cm³/mol. The summed E-state index contributed by atoms with van der Waals surface area (Å²) in [5.41, 5.74) is -2.09. The number of rotatable bonds is 1. The summed E-state index contributed by atoms with van der Waals surface area (Å²) in [5, 5.41) is 9.68. The van der Waals surface area contributed by atoms with Gasteiger partial charge in [-0.3, -0.25) is 9.36 Å². The largest absolute Gasteiger partial charge is 0.476 e. The van der Waals surface area contributed by atoms with Gasteiger partial charge >= 0.3 is 12.1 Å². The summed E-state index contributed by atoms with van der Waals surface area (Å²) in [5.74, 6) is -1.70. The van der Waals surface area contributed by atoms with E-state index < -0.39 is 40.6 Å². The maximum Gasteiger partial charge on any atom is 0.417 e. The zero-order valence-corrected chi connectivity index (χ0v) is 15.5. The highest BCUT2D eigenvalue weighted by atomic mass is 19.4. The van der Waals surface area contributed by atoms with Gasteiger partial charge in [0.25, 0.3) is 5.91 Å². The fourth-order valence-electron chi connectivity index (χ4n) is 3.89. The zero-order chi connectivity index (χ0) is 20.6. The Morgan fingerprint density at radius 3 is 2.43 bits per heavy atom. The third-order valence-corrected chi connectivity index (χ3v) is 5.19. The summed E-state index contributed by atoms with van der Waals surface area (Å²) < 4.78 is 42.5. The number of hydrogen-bond donors (Lipinski definition) is 1. The Labute approximate surface area is 158 Å². The van der Waals surface area contributed by atoms with Gasteiger partial charge in [-0.25, -0.2) is 9.78 Å². The molecular formula is C19H18F3N3O3. The quantitative estimate of drug-likeness (QED) is 0.800. The van der Waals surface area contributed by atoms with Crippen molar-refractivity contribution in [2.75, 3.05) is 6.54 Å². The predicted octanol–water partition coefficient (Wildman–Crippen LogP) is 3.79. The number of nitrogens with zero attached hydrogens (tertiary/aromatic N) is 3. The second-order valence-electron chi connectivity index (χ2n) is 8.06. The monoisotopic (exact) mass is 393 g/mol. The Morgan fingerprint density at radius 1 is 1.25 bits per heavy atom. The van der Waals surface area contributed by atoms with Crippen molar-refractivity contribution in [2.45, 2.75) is 44.8 Å². The fourth-order valence-corrected chi connectivity index (χ4v) is 3.89. The zero-order valence-electron chi connectivity index (χ0n) is 15.5. The molecule has 2 aliphatic rings. The van der Waals surface area contributed by atoms with E-state index in [0.717, 1.165) is 6.07 Å². The van der Waals surface area contributed by atoms with Gasteiger partial charge in [-0.05, 0) is 18.6 Å². The van der Waals surface area contributed by atoms with E-state index in [1.807, 2.05) is 0 Å². The van der Waals surface area contributed by atoms with Crippen molar-refractivity contribution in [1.82, 2.24) is 14.5 Å². The molecule has 148 valence electrons. The highest BCUT2D eigenvalue weighted by molar-refractivity contribution is 6.01. The molecule has 0 spiro atoms. The van der Waals surface area contributed by atoms with E-state index in [0.29, 0.717) is 12.2 Å². The van der Waals surface area contributed by atoms with E-state index in [1.54, 1.807) is 20.8 Å². The van der Waals surface area contributed by atoms with Gasteiger partial charge in [0.15, 0.2) is 5.69 Å². The number of imidazole rings is 1. The number of fused-ring (bicyclic) bond motifs is 5. The average molecular weight is 393 g/mol. The topological polar surface area (TPSA) is 75.4 Å². The molecule has 0 unspecified atom stereocenters.